The van der Waals surface area contributed by atoms with Gasteiger partial charge in [-0.3, -0.25) is 14.9 Å². The minimum atomic E-state index is -0.297. The van der Waals surface area contributed by atoms with Crippen LogP contribution in [0.25, 0.3) is 11.4 Å². The number of aromatic amines is 1. The van der Waals surface area contributed by atoms with Gasteiger partial charge in [-0.1, -0.05) is 6.07 Å². The molecule has 3 rings (SSSR count). The van der Waals surface area contributed by atoms with Gasteiger partial charge in [0, 0.05) is 26.5 Å². The van der Waals surface area contributed by atoms with Crippen LogP contribution in [0.4, 0.5) is 0 Å². The van der Waals surface area contributed by atoms with Crippen molar-refractivity contribution >= 4 is 5.91 Å². The van der Waals surface area contributed by atoms with Gasteiger partial charge in [0.15, 0.2) is 5.82 Å². The molecule has 136 valence electrons. The van der Waals surface area contributed by atoms with Crippen LogP contribution in [0.3, 0.4) is 0 Å². The van der Waals surface area contributed by atoms with Gasteiger partial charge in [0.25, 0.3) is 5.91 Å². The molecule has 26 heavy (non-hydrogen) atoms. The molecule has 0 saturated carbocycles. The molecule has 1 amide bonds. The highest BCUT2D eigenvalue weighted by Gasteiger charge is 2.18. The van der Waals surface area contributed by atoms with E-state index in [4.69, 9.17) is 4.74 Å². The van der Waals surface area contributed by atoms with E-state index in [1.807, 2.05) is 29.7 Å². The molecular formula is C17H21N7O2. The molecule has 9 heteroatoms. The Morgan fingerprint density at radius 1 is 1.38 bits per heavy atom. The van der Waals surface area contributed by atoms with E-state index in [2.05, 4.69) is 30.7 Å². The third kappa shape index (κ3) is 4.12. The van der Waals surface area contributed by atoms with Crippen LogP contribution in [0.15, 0.2) is 36.8 Å². The zero-order valence-electron chi connectivity index (χ0n) is 14.7. The fraction of sp³-hybridized carbons (Fsp3) is 0.353. The summed E-state index contributed by atoms with van der Waals surface area (Å²) in [5.41, 5.74) is 1.68. The van der Waals surface area contributed by atoms with Gasteiger partial charge in [0.1, 0.15) is 17.7 Å². The average molecular weight is 355 g/mol. The zero-order chi connectivity index (χ0) is 18.4. The Morgan fingerprint density at radius 3 is 3.04 bits per heavy atom. The molecule has 0 aliphatic carbocycles. The van der Waals surface area contributed by atoms with Crippen molar-refractivity contribution in [2.24, 2.45) is 0 Å². The molecule has 0 fully saturated rings. The number of hydrogen-bond acceptors (Lipinski definition) is 6. The molecule has 3 aromatic rings. The predicted molar refractivity (Wildman–Crippen MR) is 94.2 cm³/mol. The van der Waals surface area contributed by atoms with Crippen molar-refractivity contribution in [2.75, 3.05) is 13.7 Å². The van der Waals surface area contributed by atoms with Crippen molar-refractivity contribution in [1.29, 1.82) is 0 Å². The predicted octanol–water partition coefficient (Wildman–Crippen LogP) is 1.59. The molecule has 9 nitrogen and oxygen atoms in total. The molecule has 0 bridgehead atoms. The number of hydrogen-bond donors (Lipinski definition) is 2. The Morgan fingerprint density at radius 2 is 2.27 bits per heavy atom. The number of rotatable bonds is 8. The fourth-order valence-corrected chi connectivity index (χ4v) is 2.57. The lowest BCUT2D eigenvalue weighted by Crippen LogP contribution is -2.29. The Hall–Kier alpha value is -3.07. The Labute approximate surface area is 150 Å². The van der Waals surface area contributed by atoms with Crippen LogP contribution >= 0.6 is 0 Å². The largest absolute Gasteiger partial charge is 0.385 e. The molecule has 0 radical (unpaired) electrons. The maximum absolute atomic E-state index is 12.5. The molecule has 1 unspecified atom stereocenters. The number of nitrogens with zero attached hydrogens (tertiary/aromatic N) is 5. The number of amides is 1. The maximum atomic E-state index is 12.5. The summed E-state index contributed by atoms with van der Waals surface area (Å²) in [6, 6.07) is 6.91. The van der Waals surface area contributed by atoms with Crippen molar-refractivity contribution in [3.63, 3.8) is 0 Å². The molecule has 3 heterocycles. The summed E-state index contributed by atoms with van der Waals surface area (Å²) in [6.45, 7) is 3.25. The van der Waals surface area contributed by atoms with E-state index in [1.165, 1.54) is 0 Å². The smallest absolute Gasteiger partial charge is 0.269 e. The number of pyridine rings is 1. The SMILES string of the molecule is COCCCn1cnnc1C(C)NC(=O)c1cc(-c2ccccn2)n[nH]1. The summed E-state index contributed by atoms with van der Waals surface area (Å²) >= 11 is 0. The monoisotopic (exact) mass is 355 g/mol. The van der Waals surface area contributed by atoms with E-state index in [-0.39, 0.29) is 11.9 Å². The number of aromatic nitrogens is 6. The normalized spacial score (nSPS) is 12.1. The van der Waals surface area contributed by atoms with Crippen LogP contribution in [0.5, 0.6) is 0 Å². The van der Waals surface area contributed by atoms with Gasteiger partial charge in [0.2, 0.25) is 0 Å². The lowest BCUT2D eigenvalue weighted by Gasteiger charge is -2.14. The van der Waals surface area contributed by atoms with Crippen molar-refractivity contribution in [2.45, 2.75) is 25.9 Å². The van der Waals surface area contributed by atoms with Gasteiger partial charge >= 0.3 is 0 Å². The van der Waals surface area contributed by atoms with Crippen molar-refractivity contribution in [1.82, 2.24) is 35.3 Å². The van der Waals surface area contributed by atoms with Crippen molar-refractivity contribution in [3.05, 3.63) is 48.3 Å². The minimum absolute atomic E-state index is 0.265. The molecule has 2 N–H and O–H groups in total. The summed E-state index contributed by atoms with van der Waals surface area (Å²) in [5.74, 6) is 0.428. The summed E-state index contributed by atoms with van der Waals surface area (Å²) in [4.78, 5) is 16.7. The van der Waals surface area contributed by atoms with Gasteiger partial charge in [-0.2, -0.15) is 5.10 Å². The van der Waals surface area contributed by atoms with Gasteiger partial charge in [-0.05, 0) is 31.5 Å². The summed E-state index contributed by atoms with van der Waals surface area (Å²) < 4.78 is 6.97. The number of aryl methyl sites for hydroxylation is 1. The standard InChI is InChI=1S/C17H21N7O2/c1-12(16-23-19-11-24(16)8-5-9-26-2)20-17(25)15-10-14(21-22-15)13-6-3-4-7-18-13/h3-4,6-7,10-12H,5,8-9H2,1-2H3,(H,20,25)(H,21,22). The fourth-order valence-electron chi connectivity index (χ4n) is 2.57. The van der Waals surface area contributed by atoms with Crippen LogP contribution in [0.1, 0.15) is 35.7 Å². The number of H-pyrrole nitrogens is 1. The first-order valence-electron chi connectivity index (χ1n) is 8.33. The summed E-state index contributed by atoms with van der Waals surface area (Å²) in [7, 11) is 1.67. The first-order chi connectivity index (χ1) is 12.7. The molecular weight excluding hydrogens is 334 g/mol. The third-order valence-electron chi connectivity index (χ3n) is 3.88. The van der Waals surface area contributed by atoms with E-state index >= 15 is 0 Å². The van der Waals surface area contributed by atoms with E-state index in [9.17, 15) is 4.79 Å². The van der Waals surface area contributed by atoms with Crippen molar-refractivity contribution < 1.29 is 9.53 Å². The Kier molecular flexibility index (Phi) is 5.69. The number of methoxy groups -OCH3 is 1. The number of carbonyl (C=O) groups excluding carboxylic acids is 1. The number of ether oxygens (including phenoxy) is 1. The summed E-state index contributed by atoms with van der Waals surface area (Å²) in [6.07, 6.45) is 4.18. The lowest BCUT2D eigenvalue weighted by molar-refractivity contribution is 0.0932. The third-order valence-corrected chi connectivity index (χ3v) is 3.88. The maximum Gasteiger partial charge on any atom is 0.269 e. The molecule has 0 aromatic carbocycles. The second-order valence-electron chi connectivity index (χ2n) is 5.81. The first-order valence-corrected chi connectivity index (χ1v) is 8.33. The molecule has 0 aliphatic heterocycles. The second-order valence-corrected chi connectivity index (χ2v) is 5.81. The van der Waals surface area contributed by atoms with Gasteiger partial charge in [0.05, 0.1) is 11.7 Å². The molecule has 0 spiro atoms. The number of carbonyl (C=O) groups is 1. The van der Waals surface area contributed by atoms with Crippen LogP contribution in [0.2, 0.25) is 0 Å². The zero-order valence-corrected chi connectivity index (χ0v) is 14.7. The van der Waals surface area contributed by atoms with Crippen molar-refractivity contribution in [3.8, 4) is 11.4 Å². The highest BCUT2D eigenvalue weighted by molar-refractivity contribution is 5.93. The van der Waals surface area contributed by atoms with Crippen LogP contribution in [-0.4, -0.2) is 49.6 Å². The summed E-state index contributed by atoms with van der Waals surface area (Å²) in [5, 5.41) is 17.9. The molecule has 0 aliphatic rings. The Balaban J connectivity index is 1.65. The average Bonchev–Trinajstić information content (AvgIpc) is 3.32. The van der Waals surface area contributed by atoms with E-state index in [0.29, 0.717) is 29.5 Å². The molecule has 0 saturated heterocycles. The van der Waals surface area contributed by atoms with Gasteiger partial charge < -0.3 is 14.6 Å². The Bertz CT molecular complexity index is 844. The highest BCUT2D eigenvalue weighted by atomic mass is 16.5. The minimum Gasteiger partial charge on any atom is -0.385 e. The van der Waals surface area contributed by atoms with Crippen LogP contribution in [-0.2, 0) is 11.3 Å². The quantitative estimate of drug-likeness (QED) is 0.594. The number of nitrogens with one attached hydrogen (secondary N) is 2. The van der Waals surface area contributed by atoms with E-state index < -0.39 is 0 Å². The van der Waals surface area contributed by atoms with Crippen LogP contribution < -0.4 is 5.32 Å². The second kappa shape index (κ2) is 8.34. The van der Waals surface area contributed by atoms with Gasteiger partial charge in [-0.15, -0.1) is 10.2 Å². The molecule has 3 aromatic heterocycles. The van der Waals surface area contributed by atoms with Crippen LogP contribution in [0, 0.1) is 0 Å². The van der Waals surface area contributed by atoms with Gasteiger partial charge in [-0.25, -0.2) is 0 Å². The van der Waals surface area contributed by atoms with E-state index in [0.717, 1.165) is 13.0 Å². The first kappa shape index (κ1) is 17.7. The van der Waals surface area contributed by atoms with E-state index in [1.54, 1.807) is 25.7 Å². The molecule has 1 atom stereocenters. The lowest BCUT2D eigenvalue weighted by atomic mass is 10.2. The highest BCUT2D eigenvalue weighted by Crippen LogP contribution is 2.15. The topological polar surface area (TPSA) is 111 Å².